The SMILES string of the molecule is O=C(NC(Cc1c[nH]c2ccccc12)C(=O)Nc1ccc2c(c1)OCCCO2)c1ccccc1Cl. The molecule has 0 fully saturated rings. The van der Waals surface area contributed by atoms with Crippen molar-refractivity contribution in [3.05, 3.63) is 89.1 Å². The van der Waals surface area contributed by atoms with Gasteiger partial charge in [0.15, 0.2) is 11.5 Å². The number of carbonyl (C=O) groups is 2. The van der Waals surface area contributed by atoms with Crippen molar-refractivity contribution in [1.29, 1.82) is 0 Å². The number of benzene rings is 3. The molecule has 1 atom stereocenters. The number of amides is 2. The van der Waals surface area contributed by atoms with Crippen LogP contribution in [0.5, 0.6) is 11.5 Å². The number of hydrogen-bond donors (Lipinski definition) is 3. The maximum atomic E-state index is 13.4. The third kappa shape index (κ3) is 5.10. The fourth-order valence-corrected chi connectivity index (χ4v) is 4.30. The van der Waals surface area contributed by atoms with Gasteiger partial charge >= 0.3 is 0 Å². The summed E-state index contributed by atoms with van der Waals surface area (Å²) >= 11 is 6.22. The zero-order valence-corrected chi connectivity index (χ0v) is 19.6. The average Bonchev–Trinajstić information content (AvgIpc) is 3.12. The van der Waals surface area contributed by atoms with Crippen LogP contribution in [0.2, 0.25) is 5.02 Å². The van der Waals surface area contributed by atoms with Gasteiger partial charge < -0.3 is 25.1 Å². The summed E-state index contributed by atoms with van der Waals surface area (Å²) in [6, 6.07) is 19.0. The molecule has 0 radical (unpaired) electrons. The van der Waals surface area contributed by atoms with Crippen molar-refractivity contribution in [2.24, 2.45) is 0 Å². The maximum absolute atomic E-state index is 13.4. The van der Waals surface area contributed by atoms with E-state index in [0.29, 0.717) is 41.0 Å². The van der Waals surface area contributed by atoms with E-state index in [1.807, 2.05) is 30.5 Å². The lowest BCUT2D eigenvalue weighted by molar-refractivity contribution is -0.118. The molecular weight excluding hydrogens is 466 g/mol. The van der Waals surface area contributed by atoms with E-state index in [0.717, 1.165) is 22.9 Å². The van der Waals surface area contributed by atoms with Crippen molar-refractivity contribution < 1.29 is 19.1 Å². The molecule has 7 nitrogen and oxygen atoms in total. The van der Waals surface area contributed by atoms with Gasteiger partial charge in [0.2, 0.25) is 5.91 Å². The molecule has 0 bridgehead atoms. The van der Waals surface area contributed by atoms with Crippen LogP contribution in [0.25, 0.3) is 10.9 Å². The van der Waals surface area contributed by atoms with Crippen LogP contribution in [0, 0.1) is 0 Å². The largest absolute Gasteiger partial charge is 0.490 e. The molecule has 4 aromatic rings. The van der Waals surface area contributed by atoms with Gasteiger partial charge in [-0.05, 0) is 35.9 Å². The van der Waals surface area contributed by atoms with Gasteiger partial charge in [0.25, 0.3) is 5.91 Å². The highest BCUT2D eigenvalue weighted by atomic mass is 35.5. The number of rotatable bonds is 6. The smallest absolute Gasteiger partial charge is 0.253 e. The van der Waals surface area contributed by atoms with Crippen LogP contribution in [0.15, 0.2) is 72.9 Å². The minimum atomic E-state index is -0.853. The van der Waals surface area contributed by atoms with E-state index in [1.165, 1.54) is 0 Å². The second kappa shape index (κ2) is 10.1. The van der Waals surface area contributed by atoms with Crippen LogP contribution in [-0.2, 0) is 11.2 Å². The Morgan fingerprint density at radius 3 is 2.60 bits per heavy atom. The number of nitrogens with one attached hydrogen (secondary N) is 3. The Bertz CT molecular complexity index is 1380. The molecule has 178 valence electrons. The highest BCUT2D eigenvalue weighted by Crippen LogP contribution is 2.32. The Morgan fingerprint density at radius 2 is 1.74 bits per heavy atom. The van der Waals surface area contributed by atoms with E-state index in [4.69, 9.17) is 21.1 Å². The lowest BCUT2D eigenvalue weighted by Gasteiger charge is -2.19. The number of para-hydroxylation sites is 1. The summed E-state index contributed by atoms with van der Waals surface area (Å²) in [4.78, 5) is 29.7. The van der Waals surface area contributed by atoms with E-state index in [9.17, 15) is 9.59 Å². The van der Waals surface area contributed by atoms with Crippen molar-refractivity contribution in [1.82, 2.24) is 10.3 Å². The Balaban J connectivity index is 1.41. The Kier molecular flexibility index (Phi) is 6.59. The van der Waals surface area contributed by atoms with Crippen LogP contribution >= 0.6 is 11.6 Å². The summed E-state index contributed by atoms with van der Waals surface area (Å²) in [6.07, 6.45) is 2.94. The molecular formula is C27H24ClN3O4. The normalized spacial score (nSPS) is 13.6. The van der Waals surface area contributed by atoms with E-state index >= 15 is 0 Å². The van der Waals surface area contributed by atoms with Crippen LogP contribution in [-0.4, -0.2) is 36.1 Å². The number of fused-ring (bicyclic) bond motifs is 2. The first-order valence-corrected chi connectivity index (χ1v) is 11.8. The summed E-state index contributed by atoms with van der Waals surface area (Å²) in [6.45, 7) is 1.13. The Hall–Kier alpha value is -3.97. The summed E-state index contributed by atoms with van der Waals surface area (Å²) < 4.78 is 11.4. The zero-order valence-electron chi connectivity index (χ0n) is 18.8. The lowest BCUT2D eigenvalue weighted by Crippen LogP contribution is -2.45. The van der Waals surface area contributed by atoms with E-state index in [-0.39, 0.29) is 12.3 Å². The topological polar surface area (TPSA) is 92.5 Å². The third-order valence-electron chi connectivity index (χ3n) is 5.85. The van der Waals surface area contributed by atoms with Crippen LogP contribution in [0.1, 0.15) is 22.3 Å². The first-order valence-electron chi connectivity index (χ1n) is 11.4. The molecule has 0 spiro atoms. The van der Waals surface area contributed by atoms with Gasteiger partial charge in [0.1, 0.15) is 6.04 Å². The summed E-state index contributed by atoms with van der Waals surface area (Å²) in [5.41, 5.74) is 2.73. The highest BCUT2D eigenvalue weighted by Gasteiger charge is 2.25. The fraction of sp³-hybridized carbons (Fsp3) is 0.185. The Morgan fingerprint density at radius 1 is 0.971 bits per heavy atom. The predicted molar refractivity (Wildman–Crippen MR) is 135 cm³/mol. The van der Waals surface area contributed by atoms with Gasteiger partial charge in [-0.1, -0.05) is 41.9 Å². The second-order valence-electron chi connectivity index (χ2n) is 8.27. The summed E-state index contributed by atoms with van der Waals surface area (Å²) in [5.74, 6) is 0.441. The molecule has 0 saturated heterocycles. The van der Waals surface area contributed by atoms with Gasteiger partial charge in [0.05, 0.1) is 23.8 Å². The molecule has 1 aliphatic heterocycles. The number of aromatic nitrogens is 1. The monoisotopic (exact) mass is 489 g/mol. The van der Waals surface area contributed by atoms with Gasteiger partial charge in [-0.3, -0.25) is 9.59 Å². The molecule has 0 saturated carbocycles. The molecule has 2 heterocycles. The van der Waals surface area contributed by atoms with E-state index < -0.39 is 11.9 Å². The van der Waals surface area contributed by atoms with Gasteiger partial charge in [-0.15, -0.1) is 0 Å². The van der Waals surface area contributed by atoms with Gasteiger partial charge in [0, 0.05) is 41.7 Å². The second-order valence-corrected chi connectivity index (χ2v) is 8.68. The first kappa shape index (κ1) is 22.8. The van der Waals surface area contributed by atoms with Crippen molar-refractivity contribution in [3.63, 3.8) is 0 Å². The summed E-state index contributed by atoms with van der Waals surface area (Å²) in [7, 11) is 0. The minimum absolute atomic E-state index is 0.288. The molecule has 1 unspecified atom stereocenters. The molecule has 5 rings (SSSR count). The molecule has 8 heteroatoms. The van der Waals surface area contributed by atoms with Crippen LogP contribution in [0.4, 0.5) is 5.69 Å². The van der Waals surface area contributed by atoms with Gasteiger partial charge in [-0.2, -0.15) is 0 Å². The van der Waals surface area contributed by atoms with Crippen molar-refractivity contribution in [3.8, 4) is 11.5 Å². The number of ether oxygens (including phenoxy) is 2. The standard InChI is InChI=1S/C27H24ClN3O4/c28-21-8-3-1-7-20(21)26(32)31-23(14-17-16-29-22-9-4-2-6-19(17)22)27(33)30-18-10-11-24-25(15-18)35-13-5-12-34-24/h1-4,6-11,15-16,23,29H,5,12-14H2,(H,30,33)(H,31,32). The number of hydrogen-bond acceptors (Lipinski definition) is 4. The maximum Gasteiger partial charge on any atom is 0.253 e. The van der Waals surface area contributed by atoms with E-state index in [1.54, 1.807) is 42.5 Å². The van der Waals surface area contributed by atoms with Crippen molar-refractivity contribution >= 4 is 40.0 Å². The van der Waals surface area contributed by atoms with Crippen molar-refractivity contribution in [2.75, 3.05) is 18.5 Å². The van der Waals surface area contributed by atoms with Gasteiger partial charge in [-0.25, -0.2) is 0 Å². The molecule has 0 aliphatic carbocycles. The molecule has 35 heavy (non-hydrogen) atoms. The third-order valence-corrected chi connectivity index (χ3v) is 6.18. The molecule has 2 amide bonds. The van der Waals surface area contributed by atoms with Crippen LogP contribution < -0.4 is 20.1 Å². The predicted octanol–water partition coefficient (Wildman–Crippen LogP) is 4.96. The zero-order chi connectivity index (χ0) is 24.2. The number of H-pyrrole nitrogens is 1. The quantitative estimate of drug-likeness (QED) is 0.357. The van der Waals surface area contributed by atoms with Crippen LogP contribution in [0.3, 0.4) is 0 Å². The molecule has 1 aliphatic rings. The number of aromatic amines is 1. The van der Waals surface area contributed by atoms with Crippen molar-refractivity contribution in [2.45, 2.75) is 18.9 Å². The average molecular weight is 490 g/mol. The highest BCUT2D eigenvalue weighted by molar-refractivity contribution is 6.33. The summed E-state index contributed by atoms with van der Waals surface area (Å²) in [5, 5.41) is 7.09. The number of anilines is 1. The minimum Gasteiger partial charge on any atom is -0.490 e. The Labute approximate surface area is 207 Å². The number of halogens is 1. The number of carbonyl (C=O) groups excluding carboxylic acids is 2. The first-order chi connectivity index (χ1) is 17.1. The fourth-order valence-electron chi connectivity index (χ4n) is 4.08. The molecule has 1 aromatic heterocycles. The molecule has 3 aromatic carbocycles. The molecule has 3 N–H and O–H groups in total. The lowest BCUT2D eigenvalue weighted by atomic mass is 10.0. The van der Waals surface area contributed by atoms with E-state index in [2.05, 4.69) is 15.6 Å².